The third-order valence-electron chi connectivity index (χ3n) is 5.87. The number of hydrogen-bond acceptors (Lipinski definition) is 4. The van der Waals surface area contributed by atoms with E-state index < -0.39 is 0 Å². The fraction of sp³-hybridized carbons (Fsp3) is 0.600. The Hall–Kier alpha value is -1.79. The van der Waals surface area contributed by atoms with Gasteiger partial charge in [-0.25, -0.2) is 0 Å². The first-order valence-electron chi connectivity index (χ1n) is 9.62. The van der Waals surface area contributed by atoms with Crippen LogP contribution in [0.2, 0.25) is 5.02 Å². The molecule has 27 heavy (non-hydrogen) atoms. The standard InChI is InChI=1S/C20H28ClN3O3/c1-4-24-11-13-6-5-7-14(13)18(24)10-22-20(26)15-8-16(21)17(23-12(2)25)9-19(15)27-3/h8-9,13-14,18H,4-7,10-11H2,1-3H3,(H,22,26)(H,23,25). The van der Waals surface area contributed by atoms with Crippen molar-refractivity contribution in [2.24, 2.45) is 11.8 Å². The number of halogens is 1. The van der Waals surface area contributed by atoms with Crippen molar-refractivity contribution >= 4 is 29.1 Å². The summed E-state index contributed by atoms with van der Waals surface area (Å²) in [6, 6.07) is 3.53. The molecule has 0 radical (unpaired) electrons. The number of likely N-dealkylation sites (N-methyl/N-ethyl adjacent to an activating group) is 1. The van der Waals surface area contributed by atoms with Crippen LogP contribution in [0.4, 0.5) is 5.69 Å². The van der Waals surface area contributed by atoms with Crippen LogP contribution in [0, 0.1) is 11.8 Å². The van der Waals surface area contributed by atoms with E-state index in [1.54, 1.807) is 12.1 Å². The molecule has 2 amide bonds. The zero-order valence-electron chi connectivity index (χ0n) is 16.2. The van der Waals surface area contributed by atoms with E-state index in [0.717, 1.165) is 19.0 Å². The van der Waals surface area contributed by atoms with Crippen LogP contribution < -0.4 is 15.4 Å². The van der Waals surface area contributed by atoms with Gasteiger partial charge in [0.05, 0.1) is 23.4 Å². The largest absolute Gasteiger partial charge is 0.496 e. The SMILES string of the molecule is CCN1CC2CCCC2C1CNC(=O)c1cc(Cl)c(NC(C)=O)cc1OC. The number of benzene rings is 1. The summed E-state index contributed by atoms with van der Waals surface area (Å²) in [6.07, 6.45) is 3.85. The summed E-state index contributed by atoms with van der Waals surface area (Å²) >= 11 is 6.23. The van der Waals surface area contributed by atoms with E-state index in [1.807, 2.05) is 0 Å². The molecule has 1 aromatic carbocycles. The Morgan fingerprint density at radius 3 is 2.78 bits per heavy atom. The van der Waals surface area contributed by atoms with E-state index in [1.165, 1.54) is 33.3 Å². The maximum absolute atomic E-state index is 12.8. The molecule has 1 aliphatic carbocycles. The Balaban J connectivity index is 1.72. The Bertz CT molecular complexity index is 725. The molecule has 2 aliphatic rings. The summed E-state index contributed by atoms with van der Waals surface area (Å²) in [6.45, 7) is 6.36. The molecule has 148 valence electrons. The van der Waals surface area contributed by atoms with E-state index in [0.29, 0.717) is 40.5 Å². The average Bonchev–Trinajstić information content (AvgIpc) is 3.21. The monoisotopic (exact) mass is 393 g/mol. The first-order chi connectivity index (χ1) is 12.9. The van der Waals surface area contributed by atoms with Gasteiger partial charge in [-0.15, -0.1) is 0 Å². The number of likely N-dealkylation sites (tertiary alicyclic amines) is 1. The lowest BCUT2D eigenvalue weighted by molar-refractivity contribution is -0.114. The van der Waals surface area contributed by atoms with E-state index in [2.05, 4.69) is 22.5 Å². The Morgan fingerprint density at radius 2 is 2.11 bits per heavy atom. The van der Waals surface area contributed by atoms with Crippen molar-refractivity contribution in [3.8, 4) is 5.75 Å². The number of rotatable bonds is 6. The molecule has 1 aliphatic heterocycles. The summed E-state index contributed by atoms with van der Waals surface area (Å²) in [7, 11) is 1.50. The fourth-order valence-corrected chi connectivity index (χ4v) is 4.84. The number of carbonyl (C=O) groups excluding carboxylic acids is 2. The van der Waals surface area contributed by atoms with Crippen molar-refractivity contribution in [2.75, 3.05) is 32.1 Å². The summed E-state index contributed by atoms with van der Waals surface area (Å²) < 4.78 is 5.35. The van der Waals surface area contributed by atoms with E-state index in [4.69, 9.17) is 16.3 Å². The zero-order chi connectivity index (χ0) is 19.6. The maximum atomic E-state index is 12.8. The lowest BCUT2D eigenvalue weighted by atomic mass is 9.94. The number of nitrogens with zero attached hydrogens (tertiary/aromatic N) is 1. The van der Waals surface area contributed by atoms with Crippen molar-refractivity contribution < 1.29 is 14.3 Å². The summed E-state index contributed by atoms with van der Waals surface area (Å²) in [5, 5.41) is 6.02. The van der Waals surface area contributed by atoms with Gasteiger partial charge in [-0.3, -0.25) is 14.5 Å². The topological polar surface area (TPSA) is 70.7 Å². The summed E-state index contributed by atoms with van der Waals surface area (Å²) in [5.41, 5.74) is 0.805. The van der Waals surface area contributed by atoms with Crippen LogP contribution in [-0.4, -0.2) is 49.5 Å². The van der Waals surface area contributed by atoms with Crippen molar-refractivity contribution in [3.05, 3.63) is 22.7 Å². The lowest BCUT2D eigenvalue weighted by Gasteiger charge is -2.27. The minimum atomic E-state index is -0.233. The first-order valence-corrected chi connectivity index (χ1v) is 9.99. The normalized spacial score (nSPS) is 24.5. The highest BCUT2D eigenvalue weighted by molar-refractivity contribution is 6.34. The van der Waals surface area contributed by atoms with Crippen LogP contribution in [-0.2, 0) is 4.79 Å². The van der Waals surface area contributed by atoms with Crippen molar-refractivity contribution in [1.82, 2.24) is 10.2 Å². The Kier molecular flexibility index (Phi) is 6.27. The molecule has 1 saturated heterocycles. The maximum Gasteiger partial charge on any atom is 0.255 e. The second-order valence-electron chi connectivity index (χ2n) is 7.43. The number of nitrogens with one attached hydrogen (secondary N) is 2. The van der Waals surface area contributed by atoms with Gasteiger partial charge in [0, 0.05) is 32.1 Å². The van der Waals surface area contributed by atoms with Gasteiger partial charge in [-0.1, -0.05) is 24.9 Å². The first kappa shape index (κ1) is 20.0. The number of amides is 2. The van der Waals surface area contributed by atoms with Crippen LogP contribution in [0.25, 0.3) is 0 Å². The molecule has 2 fully saturated rings. The highest BCUT2D eigenvalue weighted by Gasteiger charge is 2.43. The highest BCUT2D eigenvalue weighted by Crippen LogP contribution is 2.41. The van der Waals surface area contributed by atoms with Crippen LogP contribution in [0.15, 0.2) is 12.1 Å². The van der Waals surface area contributed by atoms with E-state index in [9.17, 15) is 9.59 Å². The van der Waals surface area contributed by atoms with Gasteiger partial charge in [0.25, 0.3) is 5.91 Å². The predicted molar refractivity (Wildman–Crippen MR) is 107 cm³/mol. The van der Waals surface area contributed by atoms with Gasteiger partial charge in [0.15, 0.2) is 0 Å². The number of methoxy groups -OCH3 is 1. The molecule has 1 aromatic rings. The third kappa shape index (κ3) is 4.22. The molecular formula is C20H28ClN3O3. The van der Waals surface area contributed by atoms with Gasteiger partial charge >= 0.3 is 0 Å². The Morgan fingerprint density at radius 1 is 1.33 bits per heavy atom. The molecule has 3 unspecified atom stereocenters. The molecule has 3 atom stereocenters. The fourth-order valence-electron chi connectivity index (χ4n) is 4.63. The van der Waals surface area contributed by atoms with E-state index >= 15 is 0 Å². The van der Waals surface area contributed by atoms with Crippen molar-refractivity contribution in [2.45, 2.75) is 39.2 Å². The Labute approximate surface area is 165 Å². The number of ether oxygens (including phenoxy) is 1. The summed E-state index contributed by atoms with van der Waals surface area (Å²) in [5.74, 6) is 1.40. The minimum Gasteiger partial charge on any atom is -0.496 e. The molecule has 0 spiro atoms. The molecule has 6 nitrogen and oxygen atoms in total. The third-order valence-corrected chi connectivity index (χ3v) is 6.19. The number of hydrogen-bond donors (Lipinski definition) is 2. The smallest absolute Gasteiger partial charge is 0.255 e. The second kappa shape index (κ2) is 8.48. The average molecular weight is 394 g/mol. The lowest BCUT2D eigenvalue weighted by Crippen LogP contribution is -2.43. The minimum absolute atomic E-state index is 0.208. The van der Waals surface area contributed by atoms with Crippen LogP contribution in [0.1, 0.15) is 43.5 Å². The van der Waals surface area contributed by atoms with Gasteiger partial charge in [0.1, 0.15) is 5.75 Å². The molecule has 7 heteroatoms. The van der Waals surface area contributed by atoms with Crippen LogP contribution in [0.5, 0.6) is 5.75 Å². The van der Waals surface area contributed by atoms with Gasteiger partial charge in [-0.05, 0) is 37.3 Å². The molecule has 0 bridgehead atoms. The van der Waals surface area contributed by atoms with E-state index in [-0.39, 0.29) is 11.8 Å². The van der Waals surface area contributed by atoms with Crippen LogP contribution >= 0.6 is 11.6 Å². The molecule has 2 N–H and O–H groups in total. The predicted octanol–water partition coefficient (Wildman–Crippen LogP) is 3.16. The van der Waals surface area contributed by atoms with Crippen LogP contribution in [0.3, 0.4) is 0 Å². The van der Waals surface area contributed by atoms with Crippen molar-refractivity contribution in [3.63, 3.8) is 0 Å². The number of carbonyl (C=O) groups is 2. The quantitative estimate of drug-likeness (QED) is 0.778. The van der Waals surface area contributed by atoms with Crippen molar-refractivity contribution in [1.29, 1.82) is 0 Å². The molecule has 1 saturated carbocycles. The van der Waals surface area contributed by atoms with Gasteiger partial charge < -0.3 is 15.4 Å². The second-order valence-corrected chi connectivity index (χ2v) is 7.84. The summed E-state index contributed by atoms with van der Waals surface area (Å²) in [4.78, 5) is 26.6. The molecule has 1 heterocycles. The number of fused-ring (bicyclic) bond motifs is 1. The van der Waals surface area contributed by atoms with Gasteiger partial charge in [0.2, 0.25) is 5.91 Å². The highest BCUT2D eigenvalue weighted by atomic mass is 35.5. The molecule has 3 rings (SSSR count). The molecule has 0 aromatic heterocycles. The zero-order valence-corrected chi connectivity index (χ0v) is 16.9. The van der Waals surface area contributed by atoms with Gasteiger partial charge in [-0.2, -0.15) is 0 Å². The molecular weight excluding hydrogens is 366 g/mol. The number of anilines is 1.